The van der Waals surface area contributed by atoms with Crippen molar-refractivity contribution in [3.8, 4) is 0 Å². The minimum Gasteiger partial charge on any atom is -0.376 e. The highest BCUT2D eigenvalue weighted by Crippen LogP contribution is 2.16. The highest BCUT2D eigenvalue weighted by molar-refractivity contribution is 5.81. The third kappa shape index (κ3) is 4.83. The van der Waals surface area contributed by atoms with E-state index >= 15 is 0 Å². The van der Waals surface area contributed by atoms with Crippen LogP contribution in [0.5, 0.6) is 0 Å². The van der Waals surface area contributed by atoms with Gasteiger partial charge in [-0.1, -0.05) is 48.0 Å². The fourth-order valence-electron chi connectivity index (χ4n) is 3.29. The molecule has 0 spiro atoms. The second kappa shape index (κ2) is 8.17. The smallest absolute Gasteiger partial charge is 0.241 e. The second-order valence-electron chi connectivity index (χ2n) is 6.81. The van der Waals surface area contributed by atoms with E-state index in [0.717, 1.165) is 38.4 Å². The average molecular weight is 337 g/mol. The Morgan fingerprint density at radius 3 is 2.40 bits per heavy atom. The van der Waals surface area contributed by atoms with E-state index in [1.807, 2.05) is 11.0 Å². The van der Waals surface area contributed by atoms with Crippen LogP contribution in [0.4, 0.5) is 5.69 Å². The van der Waals surface area contributed by atoms with Crippen LogP contribution >= 0.6 is 0 Å². The average Bonchev–Trinajstić information content (AvgIpc) is 2.62. The lowest BCUT2D eigenvalue weighted by Gasteiger charge is -2.35. The molecule has 25 heavy (non-hydrogen) atoms. The molecular formula is C21H27N3O. The number of piperazine rings is 1. The van der Waals surface area contributed by atoms with E-state index < -0.39 is 0 Å². The molecule has 132 valence electrons. The van der Waals surface area contributed by atoms with E-state index in [1.165, 1.54) is 16.7 Å². The Hall–Kier alpha value is -2.33. The first kappa shape index (κ1) is 17.5. The topological polar surface area (TPSA) is 35.6 Å². The Morgan fingerprint density at radius 1 is 1.00 bits per heavy atom. The first-order chi connectivity index (χ1) is 12.1. The third-order valence-corrected chi connectivity index (χ3v) is 4.79. The summed E-state index contributed by atoms with van der Waals surface area (Å²) in [6.45, 7) is 8.96. The highest BCUT2D eigenvalue weighted by Gasteiger charge is 2.20. The van der Waals surface area contributed by atoms with Crippen molar-refractivity contribution >= 4 is 11.6 Å². The second-order valence-corrected chi connectivity index (χ2v) is 6.81. The zero-order valence-corrected chi connectivity index (χ0v) is 15.2. The molecule has 1 N–H and O–H groups in total. The molecule has 2 aromatic rings. The van der Waals surface area contributed by atoms with Crippen LogP contribution in [0.1, 0.15) is 16.7 Å². The SMILES string of the molecule is Cc1ccc(NCC(=O)N2CCN(Cc3ccccc3)CC2)c(C)c1. The number of carbonyl (C=O) groups is 1. The van der Waals surface area contributed by atoms with Crippen LogP contribution in [0.25, 0.3) is 0 Å². The van der Waals surface area contributed by atoms with Crippen LogP contribution in [-0.4, -0.2) is 48.4 Å². The standard InChI is InChI=1S/C21H27N3O/c1-17-8-9-20(18(2)14-17)22-15-21(25)24-12-10-23(11-13-24)16-19-6-4-3-5-7-19/h3-9,14,22H,10-13,15-16H2,1-2H3. The predicted octanol–water partition coefficient (Wildman–Crippen LogP) is 3.06. The Balaban J connectivity index is 1.45. The summed E-state index contributed by atoms with van der Waals surface area (Å²) in [5, 5.41) is 3.28. The summed E-state index contributed by atoms with van der Waals surface area (Å²) in [5.74, 6) is 0.180. The van der Waals surface area contributed by atoms with Gasteiger partial charge in [0, 0.05) is 38.4 Å². The van der Waals surface area contributed by atoms with Gasteiger partial charge in [-0.25, -0.2) is 0 Å². The van der Waals surface area contributed by atoms with Gasteiger partial charge in [0.25, 0.3) is 0 Å². The van der Waals surface area contributed by atoms with Gasteiger partial charge in [-0.05, 0) is 31.0 Å². The number of hydrogen-bond donors (Lipinski definition) is 1. The van der Waals surface area contributed by atoms with Crippen LogP contribution < -0.4 is 5.32 Å². The minimum atomic E-state index is 0.180. The molecular weight excluding hydrogens is 310 g/mol. The molecule has 0 aromatic heterocycles. The lowest BCUT2D eigenvalue weighted by molar-refractivity contribution is -0.131. The third-order valence-electron chi connectivity index (χ3n) is 4.79. The summed E-state index contributed by atoms with van der Waals surface area (Å²) in [5.41, 5.74) is 4.80. The number of nitrogens with zero attached hydrogens (tertiary/aromatic N) is 2. The summed E-state index contributed by atoms with van der Waals surface area (Å²) in [7, 11) is 0. The molecule has 4 nitrogen and oxygen atoms in total. The van der Waals surface area contributed by atoms with Gasteiger partial charge in [-0.2, -0.15) is 0 Å². The lowest BCUT2D eigenvalue weighted by Crippen LogP contribution is -2.49. The van der Waals surface area contributed by atoms with Gasteiger partial charge in [-0.15, -0.1) is 0 Å². The van der Waals surface area contributed by atoms with Crippen LogP contribution in [0, 0.1) is 13.8 Å². The summed E-state index contributed by atoms with van der Waals surface area (Å²) >= 11 is 0. The van der Waals surface area contributed by atoms with Gasteiger partial charge < -0.3 is 10.2 Å². The molecule has 1 saturated heterocycles. The number of carbonyl (C=O) groups excluding carboxylic acids is 1. The minimum absolute atomic E-state index is 0.180. The summed E-state index contributed by atoms with van der Waals surface area (Å²) < 4.78 is 0. The van der Waals surface area contributed by atoms with Crippen molar-refractivity contribution < 1.29 is 4.79 Å². The van der Waals surface area contributed by atoms with E-state index in [2.05, 4.69) is 66.5 Å². The fraction of sp³-hybridized carbons (Fsp3) is 0.381. The molecule has 0 radical (unpaired) electrons. The number of aryl methyl sites for hydroxylation is 2. The number of benzene rings is 2. The molecule has 0 unspecified atom stereocenters. The molecule has 0 saturated carbocycles. The molecule has 0 bridgehead atoms. The van der Waals surface area contributed by atoms with Gasteiger partial charge in [0.2, 0.25) is 5.91 Å². The largest absolute Gasteiger partial charge is 0.376 e. The Labute approximate surface area is 150 Å². The molecule has 1 aliphatic rings. The normalized spacial score (nSPS) is 15.2. The summed E-state index contributed by atoms with van der Waals surface area (Å²) in [4.78, 5) is 16.8. The van der Waals surface area contributed by atoms with E-state index in [4.69, 9.17) is 0 Å². The first-order valence-corrected chi connectivity index (χ1v) is 8.97. The molecule has 1 heterocycles. The molecule has 2 aromatic carbocycles. The van der Waals surface area contributed by atoms with Gasteiger partial charge in [0.15, 0.2) is 0 Å². The maximum absolute atomic E-state index is 12.5. The summed E-state index contributed by atoms with van der Waals surface area (Å²) in [6.07, 6.45) is 0. The molecule has 1 aliphatic heterocycles. The van der Waals surface area contributed by atoms with Gasteiger partial charge in [-0.3, -0.25) is 9.69 Å². The van der Waals surface area contributed by atoms with Gasteiger partial charge >= 0.3 is 0 Å². The highest BCUT2D eigenvalue weighted by atomic mass is 16.2. The number of anilines is 1. The molecule has 4 heteroatoms. The number of hydrogen-bond acceptors (Lipinski definition) is 3. The van der Waals surface area contributed by atoms with Crippen molar-refractivity contribution in [1.82, 2.24) is 9.80 Å². The number of amides is 1. The maximum Gasteiger partial charge on any atom is 0.241 e. The Morgan fingerprint density at radius 2 is 1.72 bits per heavy atom. The molecule has 1 fully saturated rings. The van der Waals surface area contributed by atoms with E-state index in [0.29, 0.717) is 6.54 Å². The fourth-order valence-corrected chi connectivity index (χ4v) is 3.29. The van der Waals surface area contributed by atoms with Crippen molar-refractivity contribution in [2.75, 3.05) is 38.0 Å². The van der Waals surface area contributed by atoms with Crippen LogP contribution in [0.3, 0.4) is 0 Å². The van der Waals surface area contributed by atoms with Crippen molar-refractivity contribution in [2.45, 2.75) is 20.4 Å². The van der Waals surface area contributed by atoms with Crippen LogP contribution in [0.2, 0.25) is 0 Å². The summed E-state index contributed by atoms with van der Waals surface area (Å²) in [6, 6.07) is 16.8. The van der Waals surface area contributed by atoms with Gasteiger partial charge in [0.05, 0.1) is 6.54 Å². The van der Waals surface area contributed by atoms with E-state index in [1.54, 1.807) is 0 Å². The van der Waals surface area contributed by atoms with Gasteiger partial charge in [0.1, 0.15) is 0 Å². The molecule has 0 atom stereocenters. The zero-order chi connectivity index (χ0) is 17.6. The Bertz CT molecular complexity index is 706. The maximum atomic E-state index is 12.5. The van der Waals surface area contributed by atoms with Crippen molar-refractivity contribution in [3.05, 3.63) is 65.2 Å². The van der Waals surface area contributed by atoms with E-state index in [9.17, 15) is 4.79 Å². The number of nitrogens with one attached hydrogen (secondary N) is 1. The van der Waals surface area contributed by atoms with Crippen molar-refractivity contribution in [1.29, 1.82) is 0 Å². The quantitative estimate of drug-likeness (QED) is 0.911. The molecule has 1 amide bonds. The number of rotatable bonds is 5. The van der Waals surface area contributed by atoms with Crippen molar-refractivity contribution in [3.63, 3.8) is 0 Å². The predicted molar refractivity (Wildman–Crippen MR) is 103 cm³/mol. The van der Waals surface area contributed by atoms with Crippen molar-refractivity contribution in [2.24, 2.45) is 0 Å². The van der Waals surface area contributed by atoms with Crippen LogP contribution in [0.15, 0.2) is 48.5 Å². The Kier molecular flexibility index (Phi) is 5.71. The molecule has 3 rings (SSSR count). The lowest BCUT2D eigenvalue weighted by atomic mass is 10.1. The van der Waals surface area contributed by atoms with E-state index in [-0.39, 0.29) is 5.91 Å². The monoisotopic (exact) mass is 337 g/mol. The first-order valence-electron chi connectivity index (χ1n) is 8.97. The molecule has 0 aliphatic carbocycles. The zero-order valence-electron chi connectivity index (χ0n) is 15.2. The van der Waals surface area contributed by atoms with Crippen LogP contribution in [-0.2, 0) is 11.3 Å².